The first kappa shape index (κ1) is 19.7. The Bertz CT molecular complexity index is 1330. The highest BCUT2D eigenvalue weighted by molar-refractivity contribution is 5.90. The normalized spacial score (nSPS) is 14.0. The van der Waals surface area contributed by atoms with Crippen molar-refractivity contribution in [2.45, 2.75) is 24.8 Å². The fourth-order valence-corrected chi connectivity index (χ4v) is 3.77. The molecule has 158 valence electrons. The highest BCUT2D eigenvalue weighted by Gasteiger charge is 2.54. The van der Waals surface area contributed by atoms with Gasteiger partial charge in [-0.1, -0.05) is 18.2 Å². The van der Waals surface area contributed by atoms with E-state index >= 15 is 0 Å². The van der Waals surface area contributed by atoms with Gasteiger partial charge in [-0.25, -0.2) is 9.50 Å². The van der Waals surface area contributed by atoms with Crippen LogP contribution in [0.1, 0.15) is 29.8 Å². The number of nitrogens with one attached hydrogen (secondary N) is 1. The molecule has 1 aromatic carbocycles. The third kappa shape index (κ3) is 3.34. The minimum absolute atomic E-state index is 0.0869. The molecule has 1 aliphatic carbocycles. The van der Waals surface area contributed by atoms with Crippen molar-refractivity contribution >= 4 is 11.6 Å². The number of hydrogen-bond acceptors (Lipinski definition) is 6. The van der Waals surface area contributed by atoms with Gasteiger partial charge in [0.15, 0.2) is 17.2 Å². The van der Waals surface area contributed by atoms with E-state index in [1.165, 1.54) is 0 Å². The van der Waals surface area contributed by atoms with Gasteiger partial charge >= 0.3 is 0 Å². The van der Waals surface area contributed by atoms with Crippen LogP contribution in [-0.2, 0) is 16.8 Å². The topological polar surface area (TPSA) is 105 Å². The number of nitrogens with zero attached hydrogens (tertiary/aromatic N) is 5. The molecule has 4 aromatic rings. The number of carbonyl (C=O) groups is 1. The molecule has 0 saturated heterocycles. The van der Waals surface area contributed by atoms with Crippen LogP contribution in [0.4, 0.5) is 0 Å². The van der Waals surface area contributed by atoms with Crippen LogP contribution in [0.25, 0.3) is 16.9 Å². The number of carbonyl (C=O) groups excluding carboxylic acids is 1. The average molecular weight is 424 g/mol. The molecule has 1 amide bonds. The molecule has 1 aliphatic rings. The van der Waals surface area contributed by atoms with Gasteiger partial charge in [-0.3, -0.25) is 9.78 Å². The second-order valence-corrected chi connectivity index (χ2v) is 7.77. The molecule has 0 unspecified atom stereocenters. The van der Waals surface area contributed by atoms with Crippen molar-refractivity contribution in [1.29, 1.82) is 5.26 Å². The Morgan fingerprint density at radius 2 is 2.03 bits per heavy atom. The van der Waals surface area contributed by atoms with Gasteiger partial charge in [-0.15, -0.1) is 5.10 Å². The van der Waals surface area contributed by atoms with Crippen molar-refractivity contribution in [2.75, 3.05) is 7.11 Å². The molecular weight excluding hydrogens is 404 g/mol. The van der Waals surface area contributed by atoms with Crippen molar-refractivity contribution in [3.63, 3.8) is 0 Å². The summed E-state index contributed by atoms with van der Waals surface area (Å²) in [7, 11) is 1.58. The Morgan fingerprint density at radius 1 is 1.22 bits per heavy atom. The molecule has 32 heavy (non-hydrogen) atoms. The number of rotatable bonds is 6. The maximum Gasteiger partial charge on any atom is 0.234 e. The molecule has 1 saturated carbocycles. The molecule has 1 fully saturated rings. The summed E-state index contributed by atoms with van der Waals surface area (Å²) in [5, 5.41) is 16.8. The predicted molar refractivity (Wildman–Crippen MR) is 117 cm³/mol. The van der Waals surface area contributed by atoms with Crippen molar-refractivity contribution < 1.29 is 9.53 Å². The van der Waals surface area contributed by atoms with Crippen LogP contribution < -0.4 is 10.1 Å². The third-order valence-corrected chi connectivity index (χ3v) is 5.77. The van der Waals surface area contributed by atoms with Crippen LogP contribution in [0.5, 0.6) is 5.75 Å². The van der Waals surface area contributed by atoms with E-state index in [1.807, 2.05) is 36.4 Å². The Morgan fingerprint density at radius 3 is 2.69 bits per heavy atom. The van der Waals surface area contributed by atoms with Gasteiger partial charge in [-0.05, 0) is 48.7 Å². The Balaban J connectivity index is 1.50. The van der Waals surface area contributed by atoms with Gasteiger partial charge in [0.25, 0.3) is 0 Å². The summed E-state index contributed by atoms with van der Waals surface area (Å²) < 4.78 is 7.21. The third-order valence-electron chi connectivity index (χ3n) is 5.77. The van der Waals surface area contributed by atoms with Crippen molar-refractivity contribution in [3.05, 3.63) is 77.9 Å². The minimum atomic E-state index is -0.735. The first-order valence-corrected chi connectivity index (χ1v) is 10.3. The van der Waals surface area contributed by atoms with E-state index in [0.29, 0.717) is 42.2 Å². The summed E-state index contributed by atoms with van der Waals surface area (Å²) in [5.41, 5.74) is 3.02. The summed E-state index contributed by atoms with van der Waals surface area (Å²) in [6.45, 7) is 0.404. The molecule has 0 aliphatic heterocycles. The minimum Gasteiger partial charge on any atom is -0.493 e. The molecule has 8 nitrogen and oxygen atoms in total. The van der Waals surface area contributed by atoms with Crippen LogP contribution in [0.15, 0.2) is 60.9 Å². The number of fused-ring (bicyclic) bond motifs is 1. The SMILES string of the molecule is COc1ccc(-c2ccc(C#N)cc2)n2nc(C3(C(=O)NCc4cccnc4)CC3)nc12. The molecule has 1 N–H and O–H groups in total. The first-order valence-electron chi connectivity index (χ1n) is 10.3. The van der Waals surface area contributed by atoms with Crippen LogP contribution in [-0.4, -0.2) is 32.6 Å². The van der Waals surface area contributed by atoms with Crippen molar-refractivity contribution in [3.8, 4) is 23.1 Å². The molecule has 0 atom stereocenters. The number of methoxy groups -OCH3 is 1. The number of amides is 1. The molecule has 0 bridgehead atoms. The maximum atomic E-state index is 13.1. The molecule has 3 aromatic heterocycles. The zero-order chi connectivity index (χ0) is 22.1. The Kier molecular flexibility index (Phi) is 4.79. The number of nitriles is 1. The number of hydrogen-bond donors (Lipinski definition) is 1. The standard InChI is InChI=1S/C24H20N6O2/c1-32-20-9-8-19(18-6-4-16(13-25)5-7-18)30-21(20)28-22(29-30)24(10-11-24)23(31)27-15-17-3-2-12-26-14-17/h2-9,12,14H,10-11,15H2,1H3,(H,27,31). The van der Waals surface area contributed by atoms with Gasteiger partial charge < -0.3 is 10.1 Å². The molecular formula is C24H20N6O2. The summed E-state index contributed by atoms with van der Waals surface area (Å²) >= 11 is 0. The van der Waals surface area contributed by atoms with Crippen LogP contribution >= 0.6 is 0 Å². The van der Waals surface area contributed by atoms with Gasteiger partial charge in [0, 0.05) is 24.5 Å². The fourth-order valence-electron chi connectivity index (χ4n) is 3.77. The number of pyridine rings is 2. The summed E-state index contributed by atoms with van der Waals surface area (Å²) in [6.07, 6.45) is 4.82. The van der Waals surface area contributed by atoms with Gasteiger partial charge in [0.1, 0.15) is 5.41 Å². The molecule has 8 heteroatoms. The average Bonchev–Trinajstić information content (AvgIpc) is 3.54. The van der Waals surface area contributed by atoms with Gasteiger partial charge in [0.05, 0.1) is 24.4 Å². The van der Waals surface area contributed by atoms with Crippen LogP contribution in [0.3, 0.4) is 0 Å². The largest absolute Gasteiger partial charge is 0.493 e. The Labute approximate surface area is 184 Å². The van der Waals surface area contributed by atoms with E-state index in [0.717, 1.165) is 16.8 Å². The Hall–Kier alpha value is -4.25. The molecule has 0 spiro atoms. The van der Waals surface area contributed by atoms with E-state index in [9.17, 15) is 4.79 Å². The predicted octanol–water partition coefficient (Wildman–Crippen LogP) is 3.02. The van der Waals surface area contributed by atoms with E-state index in [1.54, 1.807) is 36.2 Å². The monoisotopic (exact) mass is 424 g/mol. The lowest BCUT2D eigenvalue weighted by Gasteiger charge is -2.11. The summed E-state index contributed by atoms with van der Waals surface area (Å²) in [6, 6.07) is 16.9. The van der Waals surface area contributed by atoms with E-state index < -0.39 is 5.41 Å². The number of aromatic nitrogens is 4. The van der Waals surface area contributed by atoms with E-state index in [2.05, 4.69) is 16.4 Å². The lowest BCUT2D eigenvalue weighted by atomic mass is 10.1. The smallest absolute Gasteiger partial charge is 0.234 e. The quantitative estimate of drug-likeness (QED) is 0.510. The highest BCUT2D eigenvalue weighted by Crippen LogP contribution is 2.47. The van der Waals surface area contributed by atoms with Crippen LogP contribution in [0, 0.1) is 11.3 Å². The van der Waals surface area contributed by atoms with E-state index in [-0.39, 0.29) is 5.91 Å². The molecule has 3 heterocycles. The van der Waals surface area contributed by atoms with Gasteiger partial charge in [0.2, 0.25) is 5.91 Å². The maximum absolute atomic E-state index is 13.1. The molecule has 0 radical (unpaired) electrons. The fraction of sp³-hybridized carbons (Fsp3) is 0.208. The second-order valence-electron chi connectivity index (χ2n) is 7.77. The second kappa shape index (κ2) is 7.78. The highest BCUT2D eigenvalue weighted by atomic mass is 16.5. The lowest BCUT2D eigenvalue weighted by molar-refractivity contribution is -0.123. The van der Waals surface area contributed by atoms with Crippen molar-refractivity contribution in [2.24, 2.45) is 0 Å². The van der Waals surface area contributed by atoms with Crippen LogP contribution in [0.2, 0.25) is 0 Å². The van der Waals surface area contributed by atoms with Gasteiger partial charge in [-0.2, -0.15) is 5.26 Å². The zero-order valence-corrected chi connectivity index (χ0v) is 17.4. The summed E-state index contributed by atoms with van der Waals surface area (Å²) in [5.74, 6) is 0.976. The van der Waals surface area contributed by atoms with Crippen molar-refractivity contribution in [1.82, 2.24) is 24.9 Å². The number of ether oxygens (including phenoxy) is 1. The first-order chi connectivity index (χ1) is 15.6. The van der Waals surface area contributed by atoms with E-state index in [4.69, 9.17) is 20.1 Å². The summed E-state index contributed by atoms with van der Waals surface area (Å²) in [4.78, 5) is 21.9. The molecule has 5 rings (SSSR count). The number of benzene rings is 1. The lowest BCUT2D eigenvalue weighted by Crippen LogP contribution is -2.35. The zero-order valence-electron chi connectivity index (χ0n) is 17.4.